The maximum absolute atomic E-state index is 12.6. The van der Waals surface area contributed by atoms with Crippen LogP contribution >= 0.6 is 0 Å². The van der Waals surface area contributed by atoms with Crippen molar-refractivity contribution in [2.24, 2.45) is 0 Å². The zero-order valence-corrected chi connectivity index (χ0v) is 14.0. The Morgan fingerprint density at radius 2 is 1.88 bits per heavy atom. The number of nitrogens with one attached hydrogen (secondary N) is 1. The normalized spacial score (nSPS) is 22.0. The number of benzene rings is 1. The molecule has 2 fully saturated rings. The van der Waals surface area contributed by atoms with Gasteiger partial charge in [0.2, 0.25) is 5.91 Å². The summed E-state index contributed by atoms with van der Waals surface area (Å²) in [5, 5.41) is 3.23. The van der Waals surface area contributed by atoms with Gasteiger partial charge in [0, 0.05) is 31.0 Å². The van der Waals surface area contributed by atoms with Crippen molar-refractivity contribution in [3.05, 3.63) is 66.0 Å². The number of piperidine rings is 1. The summed E-state index contributed by atoms with van der Waals surface area (Å²) < 4.78 is 0. The van der Waals surface area contributed by atoms with Crippen molar-refractivity contribution in [1.82, 2.24) is 15.2 Å². The monoisotopic (exact) mass is 335 g/mol. The van der Waals surface area contributed by atoms with E-state index in [4.69, 9.17) is 0 Å². The number of carbonyl (C=O) groups is 2. The molecule has 4 rings (SSSR count). The van der Waals surface area contributed by atoms with Crippen LogP contribution in [0, 0.1) is 0 Å². The minimum atomic E-state index is -0.177. The summed E-state index contributed by atoms with van der Waals surface area (Å²) in [7, 11) is 0. The molecule has 5 heteroatoms. The Morgan fingerprint density at radius 3 is 2.56 bits per heavy atom. The van der Waals surface area contributed by atoms with Crippen molar-refractivity contribution in [2.75, 3.05) is 13.1 Å². The van der Waals surface area contributed by atoms with Gasteiger partial charge in [0.25, 0.3) is 5.91 Å². The molecule has 128 valence electrons. The molecule has 0 bridgehead atoms. The maximum atomic E-state index is 12.6. The molecule has 2 amide bonds. The second-order valence-corrected chi connectivity index (χ2v) is 6.97. The Labute approximate surface area is 147 Å². The van der Waals surface area contributed by atoms with Crippen molar-refractivity contribution < 1.29 is 9.59 Å². The maximum Gasteiger partial charge on any atom is 0.255 e. The number of pyridine rings is 1. The first-order valence-electron chi connectivity index (χ1n) is 8.73. The van der Waals surface area contributed by atoms with Crippen LogP contribution in [0.5, 0.6) is 0 Å². The number of nitrogens with zero attached hydrogens (tertiary/aromatic N) is 2. The Balaban J connectivity index is 1.43. The Bertz CT molecular complexity index is 768. The second kappa shape index (κ2) is 6.31. The van der Waals surface area contributed by atoms with Gasteiger partial charge in [-0.3, -0.25) is 14.6 Å². The summed E-state index contributed by atoms with van der Waals surface area (Å²) in [4.78, 5) is 30.9. The van der Waals surface area contributed by atoms with Crippen molar-refractivity contribution in [3.8, 4) is 0 Å². The topological polar surface area (TPSA) is 62.3 Å². The third-order valence-electron chi connectivity index (χ3n) is 5.42. The van der Waals surface area contributed by atoms with Crippen molar-refractivity contribution in [3.63, 3.8) is 0 Å². The minimum Gasteiger partial charge on any atom is -0.350 e. The molecule has 2 saturated heterocycles. The third kappa shape index (κ3) is 3.02. The van der Waals surface area contributed by atoms with E-state index >= 15 is 0 Å². The van der Waals surface area contributed by atoms with E-state index in [1.807, 2.05) is 35.2 Å². The number of hydrogen-bond acceptors (Lipinski definition) is 3. The number of amides is 2. The number of aromatic nitrogens is 1. The molecule has 1 aromatic carbocycles. The zero-order valence-electron chi connectivity index (χ0n) is 14.0. The molecule has 1 aromatic heterocycles. The summed E-state index contributed by atoms with van der Waals surface area (Å²) in [6.45, 7) is 1.32. The summed E-state index contributed by atoms with van der Waals surface area (Å²) >= 11 is 0. The van der Waals surface area contributed by atoms with E-state index in [-0.39, 0.29) is 23.3 Å². The molecule has 1 atom stereocenters. The Hall–Kier alpha value is -2.69. The van der Waals surface area contributed by atoms with E-state index in [9.17, 15) is 9.59 Å². The van der Waals surface area contributed by atoms with Crippen LogP contribution in [0.4, 0.5) is 0 Å². The number of likely N-dealkylation sites (tertiary alicyclic amines) is 1. The molecule has 1 N–H and O–H groups in total. The first kappa shape index (κ1) is 15.8. The van der Waals surface area contributed by atoms with Crippen LogP contribution in [0.1, 0.15) is 41.1 Å². The molecule has 0 saturated carbocycles. The summed E-state index contributed by atoms with van der Waals surface area (Å²) in [5.41, 5.74) is 1.52. The summed E-state index contributed by atoms with van der Waals surface area (Å²) in [6.07, 6.45) is 5.68. The lowest BCUT2D eigenvalue weighted by Crippen LogP contribution is -2.52. The molecule has 2 aromatic rings. The van der Waals surface area contributed by atoms with Crippen LogP contribution in [0.2, 0.25) is 0 Å². The highest BCUT2D eigenvalue weighted by molar-refractivity contribution is 5.94. The molecule has 0 aliphatic carbocycles. The summed E-state index contributed by atoms with van der Waals surface area (Å²) in [5.74, 6) is 0.0480. The van der Waals surface area contributed by atoms with E-state index in [0.29, 0.717) is 18.7 Å². The molecule has 25 heavy (non-hydrogen) atoms. The smallest absolute Gasteiger partial charge is 0.255 e. The van der Waals surface area contributed by atoms with Crippen LogP contribution in [0.25, 0.3) is 0 Å². The highest BCUT2D eigenvalue weighted by atomic mass is 16.2. The molecule has 1 spiro atoms. The highest BCUT2D eigenvalue weighted by Crippen LogP contribution is 2.39. The van der Waals surface area contributed by atoms with E-state index in [2.05, 4.69) is 10.3 Å². The lowest BCUT2D eigenvalue weighted by molar-refractivity contribution is -0.121. The van der Waals surface area contributed by atoms with Crippen LogP contribution in [-0.2, 0) is 4.79 Å². The van der Waals surface area contributed by atoms with Gasteiger partial charge in [-0.1, -0.05) is 30.3 Å². The van der Waals surface area contributed by atoms with Gasteiger partial charge >= 0.3 is 0 Å². The van der Waals surface area contributed by atoms with Crippen LogP contribution < -0.4 is 5.32 Å². The number of hydrogen-bond donors (Lipinski definition) is 1. The fourth-order valence-corrected chi connectivity index (χ4v) is 3.98. The van der Waals surface area contributed by atoms with E-state index in [0.717, 1.165) is 24.8 Å². The van der Waals surface area contributed by atoms with Crippen molar-refractivity contribution >= 4 is 11.8 Å². The van der Waals surface area contributed by atoms with Gasteiger partial charge in [-0.15, -0.1) is 0 Å². The molecular weight excluding hydrogens is 314 g/mol. The zero-order chi connectivity index (χ0) is 17.3. The number of carbonyl (C=O) groups excluding carboxylic acids is 2. The van der Waals surface area contributed by atoms with E-state index in [1.54, 1.807) is 24.5 Å². The predicted octanol–water partition coefficient (Wildman–Crippen LogP) is 2.36. The molecular formula is C20H21N3O2. The largest absolute Gasteiger partial charge is 0.350 e. The van der Waals surface area contributed by atoms with E-state index in [1.165, 1.54) is 0 Å². The fourth-order valence-electron chi connectivity index (χ4n) is 3.98. The van der Waals surface area contributed by atoms with Gasteiger partial charge in [-0.2, -0.15) is 0 Å². The standard InChI is InChI=1S/C20H21N3O2/c24-18-17(15-5-2-1-3-6-15)13-20(22-18)8-11-23(12-9-20)19(25)16-7-4-10-21-14-16/h1-7,10,14,17H,8-9,11-13H2,(H,22,24)/t17-/m1/s1. The van der Waals surface area contributed by atoms with Gasteiger partial charge in [0.1, 0.15) is 0 Å². The molecule has 2 aliphatic rings. The molecule has 5 nitrogen and oxygen atoms in total. The Morgan fingerprint density at radius 1 is 1.12 bits per heavy atom. The molecule has 2 aliphatic heterocycles. The van der Waals surface area contributed by atoms with Crippen molar-refractivity contribution in [2.45, 2.75) is 30.7 Å². The average Bonchev–Trinajstić information content (AvgIpc) is 2.99. The van der Waals surface area contributed by atoms with Gasteiger partial charge < -0.3 is 10.2 Å². The molecule has 0 radical (unpaired) electrons. The van der Waals surface area contributed by atoms with Crippen LogP contribution in [0.15, 0.2) is 54.9 Å². The quantitative estimate of drug-likeness (QED) is 0.916. The highest BCUT2D eigenvalue weighted by Gasteiger charge is 2.46. The first-order chi connectivity index (χ1) is 12.2. The van der Waals surface area contributed by atoms with Gasteiger partial charge in [-0.25, -0.2) is 0 Å². The van der Waals surface area contributed by atoms with Crippen LogP contribution in [0.3, 0.4) is 0 Å². The lowest BCUT2D eigenvalue weighted by atomic mass is 9.82. The van der Waals surface area contributed by atoms with Gasteiger partial charge in [0.05, 0.1) is 11.5 Å². The van der Waals surface area contributed by atoms with Crippen molar-refractivity contribution in [1.29, 1.82) is 0 Å². The second-order valence-electron chi connectivity index (χ2n) is 6.97. The molecule has 3 heterocycles. The summed E-state index contributed by atoms with van der Waals surface area (Å²) in [6, 6.07) is 13.5. The SMILES string of the molecule is O=C1NC2(CCN(C(=O)c3cccnc3)CC2)C[C@@H]1c1ccccc1. The molecule has 0 unspecified atom stereocenters. The van der Waals surface area contributed by atoms with E-state index < -0.39 is 0 Å². The minimum absolute atomic E-state index is 0.0203. The van der Waals surface area contributed by atoms with Gasteiger partial charge in [0.15, 0.2) is 0 Å². The average molecular weight is 335 g/mol. The number of rotatable bonds is 2. The van der Waals surface area contributed by atoms with Gasteiger partial charge in [-0.05, 0) is 37.0 Å². The lowest BCUT2D eigenvalue weighted by Gasteiger charge is -2.39. The predicted molar refractivity (Wildman–Crippen MR) is 94.0 cm³/mol. The fraction of sp³-hybridized carbons (Fsp3) is 0.350. The van der Waals surface area contributed by atoms with Crippen LogP contribution in [-0.4, -0.2) is 40.3 Å². The first-order valence-corrected chi connectivity index (χ1v) is 8.73. The third-order valence-corrected chi connectivity index (χ3v) is 5.42. The Kier molecular flexibility index (Phi) is 3.99.